The highest BCUT2D eigenvalue weighted by molar-refractivity contribution is 7.57. The van der Waals surface area contributed by atoms with E-state index >= 15 is 0 Å². The minimum absolute atomic E-state index is 0.214. The van der Waals surface area contributed by atoms with E-state index in [0.29, 0.717) is 42.8 Å². The molecule has 0 aliphatic carbocycles. The zero-order valence-electron chi connectivity index (χ0n) is 26.0. The van der Waals surface area contributed by atoms with Crippen molar-refractivity contribution in [1.82, 2.24) is 14.8 Å². The molecule has 2 aromatic carbocycles. The summed E-state index contributed by atoms with van der Waals surface area (Å²) in [6.45, 7) is 9.79. The predicted molar refractivity (Wildman–Crippen MR) is 175 cm³/mol. The van der Waals surface area contributed by atoms with Crippen molar-refractivity contribution in [1.29, 1.82) is 0 Å². The SMILES string of the molecule is CCOP(=O)(/C=C/c1cn(-c2ccccc2)nc1OCc1ccc(OCc2nc(N3CCOCC3)sc2C)c(OC)c1)OCC. The van der Waals surface area contributed by atoms with Gasteiger partial charge in [0.2, 0.25) is 5.88 Å². The minimum atomic E-state index is -3.41. The molecule has 0 N–H and O–H groups in total. The average Bonchev–Trinajstić information content (AvgIpc) is 3.66. The summed E-state index contributed by atoms with van der Waals surface area (Å²) in [7, 11) is -1.81. The fourth-order valence-corrected chi connectivity index (χ4v) is 6.89. The number of nitrogens with zero attached hydrogens (tertiary/aromatic N) is 4. The Morgan fingerprint density at radius 1 is 1.00 bits per heavy atom. The second kappa shape index (κ2) is 15.6. The van der Waals surface area contributed by atoms with Crippen LogP contribution in [-0.2, 0) is 31.6 Å². The summed E-state index contributed by atoms with van der Waals surface area (Å²) in [6.07, 6.45) is 3.47. The monoisotopic (exact) mass is 654 g/mol. The fourth-order valence-electron chi connectivity index (χ4n) is 4.62. The predicted octanol–water partition coefficient (Wildman–Crippen LogP) is 6.88. The Morgan fingerprint density at radius 2 is 1.76 bits per heavy atom. The van der Waals surface area contributed by atoms with E-state index in [4.69, 9.17) is 33.0 Å². The molecule has 0 amide bonds. The molecule has 0 bridgehead atoms. The van der Waals surface area contributed by atoms with Gasteiger partial charge in [-0.25, -0.2) is 9.67 Å². The molecule has 5 rings (SSSR count). The van der Waals surface area contributed by atoms with Crippen LogP contribution in [0, 0.1) is 6.92 Å². The number of rotatable bonds is 15. The second-order valence-corrected chi connectivity index (χ2v) is 13.1. The van der Waals surface area contributed by atoms with Crippen LogP contribution < -0.4 is 19.1 Å². The maximum atomic E-state index is 13.1. The first-order valence-corrected chi connectivity index (χ1v) is 17.3. The van der Waals surface area contributed by atoms with E-state index in [2.05, 4.69) is 16.9 Å². The Morgan fingerprint density at radius 3 is 2.47 bits per heavy atom. The number of morpholine rings is 1. The van der Waals surface area contributed by atoms with Crippen molar-refractivity contribution in [2.45, 2.75) is 34.0 Å². The maximum absolute atomic E-state index is 13.1. The van der Waals surface area contributed by atoms with Crippen LogP contribution in [0.15, 0.2) is 60.5 Å². The topological polar surface area (TPSA) is 106 Å². The molecular weight excluding hydrogens is 615 g/mol. The molecule has 0 saturated carbocycles. The third-order valence-electron chi connectivity index (χ3n) is 6.91. The van der Waals surface area contributed by atoms with Gasteiger partial charge in [-0.3, -0.25) is 4.57 Å². The van der Waals surface area contributed by atoms with Crippen molar-refractivity contribution < 1.29 is 32.6 Å². The molecule has 0 radical (unpaired) electrons. The molecule has 3 heterocycles. The summed E-state index contributed by atoms with van der Waals surface area (Å²) in [5.74, 6) is 3.01. The van der Waals surface area contributed by atoms with Crippen LogP contribution in [0.2, 0.25) is 0 Å². The quantitative estimate of drug-likeness (QED) is 0.126. The third-order valence-corrected chi connectivity index (χ3v) is 9.74. The summed E-state index contributed by atoms with van der Waals surface area (Å²) >= 11 is 1.67. The van der Waals surface area contributed by atoms with Crippen LogP contribution in [0.4, 0.5) is 5.13 Å². The van der Waals surface area contributed by atoms with E-state index in [1.807, 2.05) is 54.7 Å². The number of aromatic nitrogens is 3. The van der Waals surface area contributed by atoms with Gasteiger partial charge in [-0.15, -0.1) is 16.4 Å². The van der Waals surface area contributed by atoms with E-state index in [1.165, 1.54) is 5.82 Å². The Hall–Kier alpha value is -3.67. The standard InChI is InChI=1S/C32H39N4O7PS/c1-5-42-44(37,43-6-2)19-14-26-21-36(27-10-8-7-9-11-27)34-31(26)41-22-25-12-13-29(30(20-25)38-4)40-23-28-24(3)45-32(33-28)35-15-17-39-18-16-35/h7-14,19-21H,5-6,15-18,22-23H2,1-4H3/b19-14+. The molecule has 240 valence electrons. The lowest BCUT2D eigenvalue weighted by molar-refractivity contribution is 0.122. The summed E-state index contributed by atoms with van der Waals surface area (Å²) in [5, 5.41) is 5.65. The minimum Gasteiger partial charge on any atom is -0.493 e. The van der Waals surface area contributed by atoms with Crippen LogP contribution in [0.3, 0.4) is 0 Å². The van der Waals surface area contributed by atoms with E-state index < -0.39 is 7.60 Å². The Bertz CT molecular complexity index is 1610. The smallest absolute Gasteiger partial charge is 0.354 e. The molecule has 0 atom stereocenters. The van der Waals surface area contributed by atoms with Crippen LogP contribution in [-0.4, -0.2) is 61.4 Å². The van der Waals surface area contributed by atoms with Crippen LogP contribution in [0.1, 0.15) is 35.5 Å². The Balaban J connectivity index is 1.29. The zero-order valence-corrected chi connectivity index (χ0v) is 27.7. The molecule has 2 aromatic heterocycles. The molecule has 0 spiro atoms. The highest BCUT2D eigenvalue weighted by atomic mass is 32.1. The van der Waals surface area contributed by atoms with Crippen LogP contribution in [0.25, 0.3) is 11.8 Å². The molecule has 11 nitrogen and oxygen atoms in total. The van der Waals surface area contributed by atoms with E-state index in [9.17, 15) is 4.57 Å². The van der Waals surface area contributed by atoms with Crippen molar-refractivity contribution in [3.8, 4) is 23.1 Å². The Kier molecular flexibility index (Phi) is 11.3. The second-order valence-electron chi connectivity index (χ2n) is 10.0. The van der Waals surface area contributed by atoms with Gasteiger partial charge in [0.15, 0.2) is 16.6 Å². The number of hydrogen-bond acceptors (Lipinski definition) is 11. The lowest BCUT2D eigenvalue weighted by Crippen LogP contribution is -2.36. The van der Waals surface area contributed by atoms with Gasteiger partial charge in [-0.1, -0.05) is 24.3 Å². The van der Waals surface area contributed by atoms with Gasteiger partial charge < -0.3 is 32.9 Å². The first-order chi connectivity index (χ1) is 21.9. The molecule has 45 heavy (non-hydrogen) atoms. The first kappa shape index (κ1) is 32.7. The molecule has 4 aromatic rings. The number of thiazole rings is 1. The lowest BCUT2D eigenvalue weighted by Gasteiger charge is -2.26. The Labute approximate surface area is 267 Å². The summed E-state index contributed by atoms with van der Waals surface area (Å²) < 4.78 is 49.1. The van der Waals surface area contributed by atoms with E-state index in [1.54, 1.807) is 43.1 Å². The highest BCUT2D eigenvalue weighted by Crippen LogP contribution is 2.50. The molecule has 1 saturated heterocycles. The molecule has 13 heteroatoms. The van der Waals surface area contributed by atoms with Crippen molar-refractivity contribution in [3.05, 3.63) is 82.2 Å². The normalized spacial score (nSPS) is 13.8. The fraction of sp³-hybridized carbons (Fsp3) is 0.375. The van der Waals surface area contributed by atoms with Gasteiger partial charge in [0.1, 0.15) is 13.2 Å². The average molecular weight is 655 g/mol. The number of ether oxygens (including phenoxy) is 4. The highest BCUT2D eigenvalue weighted by Gasteiger charge is 2.21. The first-order valence-electron chi connectivity index (χ1n) is 14.9. The van der Waals surface area contributed by atoms with Crippen molar-refractivity contribution >= 4 is 30.1 Å². The van der Waals surface area contributed by atoms with Crippen LogP contribution >= 0.6 is 18.9 Å². The van der Waals surface area contributed by atoms with Crippen molar-refractivity contribution in [3.63, 3.8) is 0 Å². The summed E-state index contributed by atoms with van der Waals surface area (Å²) in [5.41, 5.74) is 3.25. The number of methoxy groups -OCH3 is 1. The molecule has 1 aliphatic rings. The number of hydrogen-bond donors (Lipinski definition) is 0. The zero-order chi connectivity index (χ0) is 31.6. The summed E-state index contributed by atoms with van der Waals surface area (Å²) in [6, 6.07) is 15.3. The van der Waals surface area contributed by atoms with Gasteiger partial charge in [0, 0.05) is 30.0 Å². The number of anilines is 1. The largest absolute Gasteiger partial charge is 0.493 e. The summed E-state index contributed by atoms with van der Waals surface area (Å²) in [4.78, 5) is 8.20. The van der Waals surface area contributed by atoms with Gasteiger partial charge in [-0.05, 0) is 56.7 Å². The van der Waals surface area contributed by atoms with Crippen molar-refractivity contribution in [2.24, 2.45) is 0 Å². The number of benzene rings is 2. The van der Waals surface area contributed by atoms with Crippen molar-refractivity contribution in [2.75, 3.05) is 51.5 Å². The molecule has 1 fully saturated rings. The number of aryl methyl sites for hydroxylation is 1. The third kappa shape index (κ3) is 8.53. The molecular formula is C32H39N4O7PS. The van der Waals surface area contributed by atoms with Gasteiger partial charge in [0.25, 0.3) is 0 Å². The number of para-hydroxylation sites is 1. The molecule has 0 unspecified atom stereocenters. The van der Waals surface area contributed by atoms with E-state index in [-0.39, 0.29) is 19.8 Å². The molecule has 1 aliphatic heterocycles. The van der Waals surface area contributed by atoms with Gasteiger partial charge in [0.05, 0.1) is 50.5 Å². The van der Waals surface area contributed by atoms with Gasteiger partial charge >= 0.3 is 7.60 Å². The van der Waals surface area contributed by atoms with E-state index in [0.717, 1.165) is 40.0 Å². The maximum Gasteiger partial charge on any atom is 0.354 e. The van der Waals surface area contributed by atoms with Crippen LogP contribution in [0.5, 0.6) is 17.4 Å². The van der Waals surface area contributed by atoms with Gasteiger partial charge in [-0.2, -0.15) is 0 Å². The lowest BCUT2D eigenvalue weighted by atomic mass is 10.2.